The van der Waals surface area contributed by atoms with Crippen molar-refractivity contribution in [2.24, 2.45) is 11.8 Å². The highest BCUT2D eigenvalue weighted by molar-refractivity contribution is 6.61. The van der Waals surface area contributed by atoms with Crippen LogP contribution in [0.1, 0.15) is 63.4 Å². The molecule has 138 valence electrons. The van der Waals surface area contributed by atoms with Crippen molar-refractivity contribution in [1.29, 1.82) is 0 Å². The number of unbranched alkanes of at least 4 members (excludes halogenated alkanes) is 1. The molecule has 3 nitrogen and oxygen atoms in total. The molecule has 0 spiro atoms. The third-order valence-electron chi connectivity index (χ3n) is 5.86. The fourth-order valence-electron chi connectivity index (χ4n) is 4.22. The van der Waals surface area contributed by atoms with E-state index in [1.165, 1.54) is 50.5 Å². The Kier molecular flexibility index (Phi) is 7.39. The molecule has 0 N–H and O–H groups in total. The molecule has 0 radical (unpaired) electrons. The van der Waals surface area contributed by atoms with E-state index in [9.17, 15) is 0 Å². The number of hydrogen-bond acceptors (Lipinski definition) is 3. The lowest BCUT2D eigenvalue weighted by Gasteiger charge is -2.29. The molecule has 1 aromatic rings. The van der Waals surface area contributed by atoms with Gasteiger partial charge in [-0.25, -0.2) is 0 Å². The van der Waals surface area contributed by atoms with E-state index >= 15 is 0 Å². The van der Waals surface area contributed by atoms with E-state index in [0.29, 0.717) is 11.8 Å². The molecule has 2 aliphatic rings. The molecular weight excluding hydrogens is 311 g/mol. The van der Waals surface area contributed by atoms with Crippen molar-refractivity contribution in [1.82, 2.24) is 0 Å². The van der Waals surface area contributed by atoms with Crippen LogP contribution >= 0.6 is 0 Å². The molecule has 0 aromatic heterocycles. The largest absolute Gasteiger partial charge is 0.493 e. The van der Waals surface area contributed by atoms with Gasteiger partial charge in [-0.2, -0.15) is 0 Å². The molecule has 1 saturated heterocycles. The summed E-state index contributed by atoms with van der Waals surface area (Å²) in [6, 6.07) is 8.97. The first-order valence-corrected chi connectivity index (χ1v) is 10.1. The van der Waals surface area contributed by atoms with E-state index in [1.807, 2.05) is 7.11 Å². The van der Waals surface area contributed by atoms with Crippen LogP contribution < -0.4 is 5.46 Å². The highest BCUT2D eigenvalue weighted by atomic mass is 16.6. The van der Waals surface area contributed by atoms with Crippen LogP contribution in [0, 0.1) is 11.8 Å². The van der Waals surface area contributed by atoms with E-state index < -0.39 is 0 Å². The summed E-state index contributed by atoms with van der Waals surface area (Å²) in [6.45, 7) is 4.81. The lowest BCUT2D eigenvalue weighted by Crippen LogP contribution is -2.44. The van der Waals surface area contributed by atoms with E-state index in [2.05, 4.69) is 31.2 Å². The minimum atomic E-state index is -0.177. The lowest BCUT2D eigenvalue weighted by atomic mass is 9.74. The molecular formula is C21H33BO3. The van der Waals surface area contributed by atoms with Crippen LogP contribution in [0.4, 0.5) is 0 Å². The number of benzene rings is 1. The Morgan fingerprint density at radius 3 is 2.28 bits per heavy atom. The molecule has 4 heteroatoms. The predicted octanol–water partition coefficient (Wildman–Crippen LogP) is 4.16. The van der Waals surface area contributed by atoms with E-state index in [4.69, 9.17) is 14.0 Å². The third-order valence-corrected chi connectivity index (χ3v) is 5.86. The minimum absolute atomic E-state index is 0.177. The third kappa shape index (κ3) is 5.32. The first-order valence-electron chi connectivity index (χ1n) is 10.1. The van der Waals surface area contributed by atoms with Crippen LogP contribution in [0.25, 0.3) is 0 Å². The van der Waals surface area contributed by atoms with Crippen molar-refractivity contribution >= 4 is 12.6 Å². The first kappa shape index (κ1) is 18.9. The Bertz CT molecular complexity index is 488. The molecule has 3 rings (SSSR count). The second-order valence-corrected chi connectivity index (χ2v) is 7.85. The predicted molar refractivity (Wildman–Crippen MR) is 103 cm³/mol. The van der Waals surface area contributed by atoms with Gasteiger partial charge in [-0.3, -0.25) is 0 Å². The summed E-state index contributed by atoms with van der Waals surface area (Å²) in [7, 11) is 1.64. The van der Waals surface area contributed by atoms with Gasteiger partial charge in [0.05, 0.1) is 0 Å². The quantitative estimate of drug-likeness (QED) is 0.696. The average molecular weight is 344 g/mol. The Balaban J connectivity index is 1.48. The summed E-state index contributed by atoms with van der Waals surface area (Å²) < 4.78 is 17.2. The van der Waals surface area contributed by atoms with Crippen LogP contribution in [0.3, 0.4) is 0 Å². The number of rotatable bonds is 7. The van der Waals surface area contributed by atoms with Gasteiger partial charge in [-0.15, -0.1) is 0 Å². The van der Waals surface area contributed by atoms with Crippen molar-refractivity contribution in [3.8, 4) is 0 Å². The topological polar surface area (TPSA) is 27.7 Å². The number of ether oxygens (including phenoxy) is 1. The van der Waals surface area contributed by atoms with E-state index in [1.54, 1.807) is 0 Å². The van der Waals surface area contributed by atoms with Crippen LogP contribution in [-0.2, 0) is 14.0 Å². The maximum Gasteiger partial charge on any atom is 0.493 e. The molecule has 1 aromatic carbocycles. The van der Waals surface area contributed by atoms with Gasteiger partial charge in [0.2, 0.25) is 0 Å². The fraction of sp³-hybridized carbons (Fsp3) is 0.714. The standard InChI is InChI=1S/C21H33BO3/c1-3-4-5-18-15-24-22(25-16-18)21-12-10-20(11-13-21)19-8-6-17(7-9-19)14-23-2/h10-13,17-19H,3-9,14-16H2,1-2H3. The van der Waals surface area contributed by atoms with Gasteiger partial charge in [0.25, 0.3) is 0 Å². The molecule has 0 unspecified atom stereocenters. The lowest BCUT2D eigenvalue weighted by molar-refractivity contribution is 0.0813. The van der Waals surface area contributed by atoms with Crippen LogP contribution in [0.15, 0.2) is 24.3 Å². The Morgan fingerprint density at radius 2 is 1.68 bits per heavy atom. The zero-order valence-electron chi connectivity index (χ0n) is 15.9. The SMILES string of the molecule is CCCCC1COB(c2ccc(C3CCC(COC)CC3)cc2)OC1. The van der Waals surface area contributed by atoms with Crippen molar-refractivity contribution in [3.05, 3.63) is 29.8 Å². The van der Waals surface area contributed by atoms with Crippen LogP contribution in [0.2, 0.25) is 0 Å². The van der Waals surface area contributed by atoms with Gasteiger partial charge in [0.1, 0.15) is 0 Å². The molecule has 0 amide bonds. The molecule has 25 heavy (non-hydrogen) atoms. The monoisotopic (exact) mass is 344 g/mol. The highest BCUT2D eigenvalue weighted by Gasteiger charge is 2.29. The van der Waals surface area contributed by atoms with Gasteiger partial charge >= 0.3 is 7.12 Å². The summed E-state index contributed by atoms with van der Waals surface area (Å²) in [5.74, 6) is 2.02. The molecule has 1 saturated carbocycles. The zero-order chi connectivity index (χ0) is 17.5. The number of hydrogen-bond donors (Lipinski definition) is 0. The van der Waals surface area contributed by atoms with Crippen molar-refractivity contribution in [2.75, 3.05) is 26.9 Å². The minimum Gasteiger partial charge on any atom is -0.407 e. The molecule has 2 fully saturated rings. The van der Waals surface area contributed by atoms with Crippen molar-refractivity contribution in [3.63, 3.8) is 0 Å². The van der Waals surface area contributed by atoms with Gasteiger partial charge < -0.3 is 14.0 Å². The Morgan fingerprint density at radius 1 is 1.00 bits per heavy atom. The van der Waals surface area contributed by atoms with E-state index in [0.717, 1.165) is 31.2 Å². The second-order valence-electron chi connectivity index (χ2n) is 7.85. The van der Waals surface area contributed by atoms with Gasteiger partial charge in [0.15, 0.2) is 0 Å². The Labute approximate surface area is 153 Å². The first-order chi connectivity index (χ1) is 12.3. The van der Waals surface area contributed by atoms with Crippen LogP contribution in [-0.4, -0.2) is 34.0 Å². The second kappa shape index (κ2) is 9.75. The molecule has 1 aliphatic heterocycles. The van der Waals surface area contributed by atoms with Crippen molar-refractivity contribution in [2.45, 2.75) is 57.8 Å². The highest BCUT2D eigenvalue weighted by Crippen LogP contribution is 2.35. The van der Waals surface area contributed by atoms with Gasteiger partial charge in [0, 0.05) is 32.8 Å². The Hall–Kier alpha value is -0.835. The molecule has 1 heterocycles. The van der Waals surface area contributed by atoms with Crippen LogP contribution in [0.5, 0.6) is 0 Å². The smallest absolute Gasteiger partial charge is 0.407 e. The summed E-state index contributed by atoms with van der Waals surface area (Å²) in [6.07, 6.45) is 8.86. The maximum absolute atomic E-state index is 5.96. The molecule has 0 bridgehead atoms. The summed E-state index contributed by atoms with van der Waals surface area (Å²) in [5.41, 5.74) is 2.63. The fourth-order valence-corrected chi connectivity index (χ4v) is 4.22. The molecule has 1 aliphatic carbocycles. The zero-order valence-corrected chi connectivity index (χ0v) is 15.9. The average Bonchev–Trinajstić information content (AvgIpc) is 2.68. The summed E-state index contributed by atoms with van der Waals surface area (Å²) >= 11 is 0. The van der Waals surface area contributed by atoms with Gasteiger partial charge in [-0.1, -0.05) is 44.0 Å². The van der Waals surface area contributed by atoms with E-state index in [-0.39, 0.29) is 7.12 Å². The van der Waals surface area contributed by atoms with Crippen molar-refractivity contribution < 1.29 is 14.0 Å². The normalized spacial score (nSPS) is 25.3. The number of methoxy groups -OCH3 is 1. The summed E-state index contributed by atoms with van der Waals surface area (Å²) in [4.78, 5) is 0. The summed E-state index contributed by atoms with van der Waals surface area (Å²) in [5, 5.41) is 0. The van der Waals surface area contributed by atoms with Gasteiger partial charge in [-0.05, 0) is 55.0 Å². The molecule has 0 atom stereocenters. The maximum atomic E-state index is 5.96.